The lowest BCUT2D eigenvalue weighted by atomic mass is 10.2. The van der Waals surface area contributed by atoms with Gasteiger partial charge in [0.05, 0.1) is 6.54 Å². The van der Waals surface area contributed by atoms with E-state index in [1.807, 2.05) is 24.3 Å². The summed E-state index contributed by atoms with van der Waals surface area (Å²) in [6.45, 7) is 5.73. The van der Waals surface area contributed by atoms with Crippen molar-refractivity contribution in [2.45, 2.75) is 25.8 Å². The lowest BCUT2D eigenvalue weighted by Gasteiger charge is -2.22. The van der Waals surface area contributed by atoms with E-state index in [0.717, 1.165) is 23.2 Å². The highest BCUT2D eigenvalue weighted by atomic mass is 79.9. The number of hydrogen-bond acceptors (Lipinski definition) is 3. The van der Waals surface area contributed by atoms with Crippen molar-refractivity contribution in [3.63, 3.8) is 0 Å². The first-order valence-electron chi connectivity index (χ1n) is 7.19. The second kappa shape index (κ2) is 7.76. The Balaban J connectivity index is 1.69. The Morgan fingerprint density at radius 2 is 2.15 bits per heavy atom. The molecule has 1 heterocycles. The van der Waals surface area contributed by atoms with Crippen molar-refractivity contribution in [3.8, 4) is 0 Å². The zero-order valence-electron chi connectivity index (χ0n) is 11.9. The number of nitrogens with one attached hydrogen (secondary N) is 2. The number of benzene rings is 1. The molecule has 1 atom stereocenters. The molecule has 0 spiro atoms. The lowest BCUT2D eigenvalue weighted by Crippen LogP contribution is -2.40. The predicted octanol–water partition coefficient (Wildman–Crippen LogP) is 2.46. The number of nitrogens with zero attached hydrogens (tertiary/aromatic N) is 1. The molecule has 1 aromatic carbocycles. The van der Waals surface area contributed by atoms with Crippen molar-refractivity contribution >= 4 is 27.5 Å². The van der Waals surface area contributed by atoms with Crippen LogP contribution in [0.1, 0.15) is 19.8 Å². The highest BCUT2D eigenvalue weighted by Crippen LogP contribution is 2.15. The highest BCUT2D eigenvalue weighted by Gasteiger charge is 2.22. The average Bonchev–Trinajstić information content (AvgIpc) is 2.89. The van der Waals surface area contributed by atoms with Crippen LogP contribution in [0, 0.1) is 0 Å². The first-order chi connectivity index (χ1) is 9.69. The predicted molar refractivity (Wildman–Crippen MR) is 85.9 cm³/mol. The minimum Gasteiger partial charge on any atom is -0.325 e. The van der Waals surface area contributed by atoms with E-state index in [4.69, 9.17) is 0 Å². The van der Waals surface area contributed by atoms with E-state index < -0.39 is 0 Å². The second-order valence-electron chi connectivity index (χ2n) is 5.11. The summed E-state index contributed by atoms with van der Waals surface area (Å²) < 4.78 is 1.01. The molecule has 110 valence electrons. The zero-order chi connectivity index (χ0) is 14.4. The Kier molecular flexibility index (Phi) is 6.01. The third kappa shape index (κ3) is 4.58. The van der Waals surface area contributed by atoms with Gasteiger partial charge in [-0.05, 0) is 50.2 Å². The van der Waals surface area contributed by atoms with Gasteiger partial charge in [-0.3, -0.25) is 9.69 Å². The molecule has 5 heteroatoms. The van der Waals surface area contributed by atoms with E-state index >= 15 is 0 Å². The number of likely N-dealkylation sites (N-methyl/N-ethyl adjacent to an activating group) is 1. The van der Waals surface area contributed by atoms with Gasteiger partial charge in [0.15, 0.2) is 0 Å². The maximum Gasteiger partial charge on any atom is 0.238 e. The van der Waals surface area contributed by atoms with E-state index in [0.29, 0.717) is 12.6 Å². The number of amides is 1. The smallest absolute Gasteiger partial charge is 0.238 e. The van der Waals surface area contributed by atoms with Crippen LogP contribution in [-0.4, -0.2) is 43.0 Å². The molecule has 1 unspecified atom stereocenters. The van der Waals surface area contributed by atoms with Gasteiger partial charge in [0.25, 0.3) is 0 Å². The first kappa shape index (κ1) is 15.5. The van der Waals surface area contributed by atoms with Crippen LogP contribution < -0.4 is 10.6 Å². The summed E-state index contributed by atoms with van der Waals surface area (Å²) in [6, 6.07) is 8.19. The molecule has 2 N–H and O–H groups in total. The summed E-state index contributed by atoms with van der Waals surface area (Å²) in [5.74, 6) is 0.00775. The maximum atomic E-state index is 11.8. The number of anilines is 1. The first-order valence-corrected chi connectivity index (χ1v) is 7.98. The lowest BCUT2D eigenvalue weighted by molar-refractivity contribution is -0.115. The summed E-state index contributed by atoms with van der Waals surface area (Å²) in [5.41, 5.74) is 0.830. The van der Waals surface area contributed by atoms with Gasteiger partial charge in [-0.25, -0.2) is 0 Å². The van der Waals surface area contributed by atoms with E-state index in [1.165, 1.54) is 19.4 Å². The molecular weight excluding hydrogens is 318 g/mol. The maximum absolute atomic E-state index is 11.8. The molecule has 4 nitrogen and oxygen atoms in total. The van der Waals surface area contributed by atoms with Crippen LogP contribution in [0.25, 0.3) is 0 Å². The van der Waals surface area contributed by atoms with Crippen molar-refractivity contribution in [2.24, 2.45) is 0 Å². The molecule has 1 aliphatic heterocycles. The Hall–Kier alpha value is -0.910. The molecule has 20 heavy (non-hydrogen) atoms. The van der Waals surface area contributed by atoms with Crippen molar-refractivity contribution in [1.82, 2.24) is 10.2 Å². The molecule has 1 amide bonds. The molecule has 0 radical (unpaired) electrons. The van der Waals surface area contributed by atoms with Gasteiger partial charge < -0.3 is 10.6 Å². The number of likely N-dealkylation sites (tertiary alicyclic amines) is 1. The standard InChI is InChI=1S/C15H22BrN3O/c1-2-19-9-3-4-14(19)10-17-11-15(20)18-13-7-5-12(16)6-8-13/h5-8,14,17H,2-4,9-11H2,1H3,(H,18,20). The SMILES string of the molecule is CCN1CCCC1CNCC(=O)Nc1ccc(Br)cc1. The topological polar surface area (TPSA) is 44.4 Å². The van der Waals surface area contributed by atoms with Gasteiger partial charge >= 0.3 is 0 Å². The number of rotatable bonds is 6. The van der Waals surface area contributed by atoms with Crippen LogP contribution in [-0.2, 0) is 4.79 Å². The van der Waals surface area contributed by atoms with Crippen LogP contribution >= 0.6 is 15.9 Å². The molecule has 1 aromatic rings. The van der Waals surface area contributed by atoms with Gasteiger partial charge in [-0.15, -0.1) is 0 Å². The fraction of sp³-hybridized carbons (Fsp3) is 0.533. The summed E-state index contributed by atoms with van der Waals surface area (Å²) in [5, 5.41) is 6.14. The molecule has 1 fully saturated rings. The Bertz CT molecular complexity index is 435. The third-order valence-electron chi connectivity index (χ3n) is 3.70. The quantitative estimate of drug-likeness (QED) is 0.836. The normalized spacial score (nSPS) is 19.2. The minimum atomic E-state index is 0.00775. The molecule has 0 aromatic heterocycles. The van der Waals surface area contributed by atoms with Crippen molar-refractivity contribution in [1.29, 1.82) is 0 Å². The Labute approximate surface area is 129 Å². The largest absolute Gasteiger partial charge is 0.325 e. The Morgan fingerprint density at radius 3 is 2.85 bits per heavy atom. The molecule has 0 bridgehead atoms. The number of hydrogen-bond donors (Lipinski definition) is 2. The fourth-order valence-electron chi connectivity index (χ4n) is 2.63. The van der Waals surface area contributed by atoms with Crippen LogP contribution in [0.2, 0.25) is 0 Å². The molecule has 1 aliphatic rings. The van der Waals surface area contributed by atoms with Crippen molar-refractivity contribution < 1.29 is 4.79 Å². The minimum absolute atomic E-state index is 0.00775. The monoisotopic (exact) mass is 339 g/mol. The summed E-state index contributed by atoms with van der Waals surface area (Å²) >= 11 is 3.37. The number of carbonyl (C=O) groups is 1. The Morgan fingerprint density at radius 1 is 1.40 bits per heavy atom. The molecule has 0 aliphatic carbocycles. The van der Waals surface area contributed by atoms with Crippen LogP contribution in [0.5, 0.6) is 0 Å². The summed E-state index contributed by atoms with van der Waals surface area (Å²) in [4.78, 5) is 14.3. The average molecular weight is 340 g/mol. The molecular formula is C15H22BrN3O. The fourth-order valence-corrected chi connectivity index (χ4v) is 2.90. The molecule has 2 rings (SSSR count). The molecule has 0 saturated carbocycles. The van der Waals surface area contributed by atoms with Gasteiger partial charge in [-0.2, -0.15) is 0 Å². The van der Waals surface area contributed by atoms with E-state index in [2.05, 4.69) is 38.4 Å². The van der Waals surface area contributed by atoms with Crippen molar-refractivity contribution in [2.75, 3.05) is 31.5 Å². The van der Waals surface area contributed by atoms with E-state index in [-0.39, 0.29) is 5.91 Å². The third-order valence-corrected chi connectivity index (χ3v) is 4.23. The van der Waals surface area contributed by atoms with Gasteiger partial charge in [0, 0.05) is 22.7 Å². The summed E-state index contributed by atoms with van der Waals surface area (Å²) in [6.07, 6.45) is 2.50. The van der Waals surface area contributed by atoms with Crippen molar-refractivity contribution in [3.05, 3.63) is 28.7 Å². The second-order valence-corrected chi connectivity index (χ2v) is 6.03. The van der Waals surface area contributed by atoms with Gasteiger partial charge in [-0.1, -0.05) is 22.9 Å². The van der Waals surface area contributed by atoms with Gasteiger partial charge in [0.2, 0.25) is 5.91 Å². The summed E-state index contributed by atoms with van der Waals surface area (Å²) in [7, 11) is 0. The zero-order valence-corrected chi connectivity index (χ0v) is 13.4. The van der Waals surface area contributed by atoms with Gasteiger partial charge in [0.1, 0.15) is 0 Å². The van der Waals surface area contributed by atoms with E-state index in [1.54, 1.807) is 0 Å². The van der Waals surface area contributed by atoms with Crippen LogP contribution in [0.3, 0.4) is 0 Å². The number of halogens is 1. The van der Waals surface area contributed by atoms with Crippen LogP contribution in [0.4, 0.5) is 5.69 Å². The van der Waals surface area contributed by atoms with E-state index in [9.17, 15) is 4.79 Å². The highest BCUT2D eigenvalue weighted by molar-refractivity contribution is 9.10. The molecule has 1 saturated heterocycles. The number of carbonyl (C=O) groups excluding carboxylic acids is 1. The van der Waals surface area contributed by atoms with Crippen LogP contribution in [0.15, 0.2) is 28.7 Å².